The number of hydrogen-bond acceptors (Lipinski definition) is 8. The highest BCUT2D eigenvalue weighted by Gasteiger charge is 2.19. The molecule has 2 heterocycles. The Morgan fingerprint density at radius 1 is 1.03 bits per heavy atom. The van der Waals surface area contributed by atoms with Crippen molar-refractivity contribution in [2.45, 2.75) is 20.1 Å². The molecule has 1 amide bonds. The molecule has 0 spiro atoms. The van der Waals surface area contributed by atoms with Crippen LogP contribution in [0.1, 0.15) is 27.8 Å². The van der Waals surface area contributed by atoms with E-state index in [0.29, 0.717) is 22.9 Å². The Hall–Kier alpha value is -4.01. The Labute approximate surface area is 177 Å². The Bertz CT molecular complexity index is 1200. The first-order valence-electron chi connectivity index (χ1n) is 9.51. The maximum Gasteiger partial charge on any atom is 0.287 e. The fourth-order valence-electron chi connectivity index (χ4n) is 3.03. The molecule has 0 unspecified atom stereocenters. The predicted octanol–water partition coefficient (Wildman–Crippen LogP) is 3.65. The number of methoxy groups -OCH3 is 2. The number of hydrogen-bond donors (Lipinski definition) is 1. The third-order valence-electron chi connectivity index (χ3n) is 4.69. The maximum absolute atomic E-state index is 12.6. The zero-order valence-electron chi connectivity index (χ0n) is 17.3. The number of carbonyl (C=O) groups is 1. The summed E-state index contributed by atoms with van der Waals surface area (Å²) in [5, 5.41) is 7.44. The number of furan rings is 1. The molecule has 4 rings (SSSR count). The van der Waals surface area contributed by atoms with Crippen molar-refractivity contribution >= 4 is 16.9 Å². The van der Waals surface area contributed by atoms with Crippen molar-refractivity contribution in [1.29, 1.82) is 0 Å². The number of aryl methyl sites for hydroxylation is 1. The third-order valence-corrected chi connectivity index (χ3v) is 4.69. The number of nitrogens with zero attached hydrogens (tertiary/aromatic N) is 2. The summed E-state index contributed by atoms with van der Waals surface area (Å²) in [5.74, 6) is 2.53. The van der Waals surface area contributed by atoms with Crippen molar-refractivity contribution in [2.24, 2.45) is 0 Å². The zero-order valence-corrected chi connectivity index (χ0v) is 17.3. The lowest BCUT2D eigenvalue weighted by molar-refractivity contribution is 0.0919. The van der Waals surface area contributed by atoms with Crippen molar-refractivity contribution in [1.82, 2.24) is 15.5 Å². The van der Waals surface area contributed by atoms with Crippen molar-refractivity contribution in [3.63, 3.8) is 0 Å². The molecular formula is C22H21N3O6. The van der Waals surface area contributed by atoms with Crippen LogP contribution in [0.25, 0.3) is 11.0 Å². The fourth-order valence-corrected chi connectivity index (χ4v) is 3.03. The largest absolute Gasteiger partial charge is 0.497 e. The van der Waals surface area contributed by atoms with Gasteiger partial charge < -0.3 is 28.5 Å². The molecule has 2 aromatic heterocycles. The first kappa shape index (κ1) is 20.3. The lowest BCUT2D eigenvalue weighted by Gasteiger charge is -2.04. The van der Waals surface area contributed by atoms with E-state index in [-0.39, 0.29) is 30.7 Å². The quantitative estimate of drug-likeness (QED) is 0.457. The molecule has 9 nitrogen and oxygen atoms in total. The standard InChI is InChI=1S/C22H21N3O6/c1-13-17-9-8-16(28-3)10-18(17)30-21(13)22(26)23-11-20-24-19(25-31-20)12-29-15-6-4-14(27-2)5-7-15/h4-10H,11-12H2,1-3H3,(H,23,26). The average Bonchev–Trinajstić information content (AvgIpc) is 3.40. The van der Waals surface area contributed by atoms with E-state index in [1.165, 1.54) is 0 Å². The molecule has 1 N–H and O–H groups in total. The number of amides is 1. The predicted molar refractivity (Wildman–Crippen MR) is 110 cm³/mol. The summed E-state index contributed by atoms with van der Waals surface area (Å²) in [4.78, 5) is 16.8. The molecule has 0 aliphatic heterocycles. The van der Waals surface area contributed by atoms with E-state index in [4.69, 9.17) is 23.2 Å². The van der Waals surface area contributed by atoms with Crippen LogP contribution in [0.4, 0.5) is 0 Å². The zero-order chi connectivity index (χ0) is 21.8. The second-order valence-electron chi connectivity index (χ2n) is 6.67. The first-order valence-corrected chi connectivity index (χ1v) is 9.51. The third kappa shape index (κ3) is 4.45. The lowest BCUT2D eigenvalue weighted by Crippen LogP contribution is -2.23. The Balaban J connectivity index is 1.35. The molecule has 160 valence electrons. The van der Waals surface area contributed by atoms with Gasteiger partial charge in [-0.1, -0.05) is 5.16 Å². The first-order chi connectivity index (χ1) is 15.1. The monoisotopic (exact) mass is 423 g/mol. The normalized spacial score (nSPS) is 10.8. The number of nitrogens with one attached hydrogen (secondary N) is 1. The average molecular weight is 423 g/mol. The van der Waals surface area contributed by atoms with Crippen LogP contribution in [0.3, 0.4) is 0 Å². The molecule has 0 bridgehead atoms. The van der Waals surface area contributed by atoms with Crippen LogP contribution in [0, 0.1) is 6.92 Å². The van der Waals surface area contributed by atoms with Gasteiger partial charge in [0, 0.05) is 17.0 Å². The summed E-state index contributed by atoms with van der Waals surface area (Å²) in [7, 11) is 3.17. The second-order valence-corrected chi connectivity index (χ2v) is 6.67. The van der Waals surface area contributed by atoms with E-state index in [9.17, 15) is 4.79 Å². The molecule has 0 aliphatic carbocycles. The Morgan fingerprint density at radius 2 is 1.74 bits per heavy atom. The van der Waals surface area contributed by atoms with Crippen LogP contribution >= 0.6 is 0 Å². The van der Waals surface area contributed by atoms with Gasteiger partial charge in [0.2, 0.25) is 11.7 Å². The molecule has 31 heavy (non-hydrogen) atoms. The number of carbonyl (C=O) groups excluding carboxylic acids is 1. The number of fused-ring (bicyclic) bond motifs is 1. The minimum Gasteiger partial charge on any atom is -0.497 e. The summed E-state index contributed by atoms with van der Waals surface area (Å²) in [6.45, 7) is 2.02. The van der Waals surface area contributed by atoms with Crippen molar-refractivity contribution in [3.05, 3.63) is 65.5 Å². The molecule has 0 radical (unpaired) electrons. The minimum atomic E-state index is -0.373. The van der Waals surface area contributed by atoms with Gasteiger partial charge in [0.1, 0.15) is 22.8 Å². The molecule has 0 saturated carbocycles. The van der Waals surface area contributed by atoms with Crippen molar-refractivity contribution in [2.75, 3.05) is 14.2 Å². The SMILES string of the molecule is COc1ccc(OCc2noc(CNC(=O)c3oc4cc(OC)ccc4c3C)n2)cc1. The topological polar surface area (TPSA) is 109 Å². The highest BCUT2D eigenvalue weighted by molar-refractivity contribution is 5.99. The number of rotatable bonds is 8. The fraction of sp³-hybridized carbons (Fsp3) is 0.227. The maximum atomic E-state index is 12.6. The van der Waals surface area contributed by atoms with E-state index < -0.39 is 0 Å². The summed E-state index contributed by atoms with van der Waals surface area (Å²) in [5.41, 5.74) is 1.33. The number of benzene rings is 2. The van der Waals surface area contributed by atoms with Gasteiger partial charge >= 0.3 is 0 Å². The molecule has 0 saturated heterocycles. The summed E-state index contributed by atoms with van der Waals surface area (Å²) in [6, 6.07) is 12.6. The molecule has 0 fully saturated rings. The lowest BCUT2D eigenvalue weighted by atomic mass is 10.1. The van der Waals surface area contributed by atoms with Gasteiger partial charge in [0.15, 0.2) is 12.4 Å². The molecule has 0 atom stereocenters. The summed E-state index contributed by atoms with van der Waals surface area (Å²) >= 11 is 0. The smallest absolute Gasteiger partial charge is 0.287 e. The molecular weight excluding hydrogens is 402 g/mol. The van der Waals surface area contributed by atoms with Gasteiger partial charge in [-0.2, -0.15) is 4.98 Å². The van der Waals surface area contributed by atoms with Gasteiger partial charge in [0.05, 0.1) is 20.8 Å². The van der Waals surface area contributed by atoms with Crippen molar-refractivity contribution < 1.29 is 27.9 Å². The summed E-state index contributed by atoms with van der Waals surface area (Å²) < 4.78 is 26.8. The Kier molecular flexibility index (Phi) is 5.74. The van der Waals surface area contributed by atoms with Gasteiger partial charge in [-0.15, -0.1) is 0 Å². The van der Waals surface area contributed by atoms with Crippen LogP contribution in [0.2, 0.25) is 0 Å². The van der Waals surface area contributed by atoms with Crippen molar-refractivity contribution in [3.8, 4) is 17.2 Å². The van der Waals surface area contributed by atoms with E-state index in [1.807, 2.05) is 19.1 Å². The van der Waals surface area contributed by atoms with Crippen LogP contribution in [-0.2, 0) is 13.2 Å². The van der Waals surface area contributed by atoms with Gasteiger partial charge in [-0.05, 0) is 43.3 Å². The van der Waals surface area contributed by atoms with E-state index in [1.54, 1.807) is 44.6 Å². The van der Waals surface area contributed by atoms with Gasteiger partial charge in [0.25, 0.3) is 5.91 Å². The van der Waals surface area contributed by atoms with Gasteiger partial charge in [-0.3, -0.25) is 4.79 Å². The molecule has 4 aromatic rings. The van der Waals surface area contributed by atoms with E-state index in [2.05, 4.69) is 15.5 Å². The highest BCUT2D eigenvalue weighted by atomic mass is 16.5. The van der Waals surface area contributed by atoms with E-state index in [0.717, 1.165) is 16.7 Å². The van der Waals surface area contributed by atoms with E-state index >= 15 is 0 Å². The number of ether oxygens (including phenoxy) is 3. The van der Waals surface area contributed by atoms with Crippen LogP contribution in [0.5, 0.6) is 17.2 Å². The Morgan fingerprint density at radius 3 is 2.48 bits per heavy atom. The van der Waals surface area contributed by atoms with Crippen LogP contribution < -0.4 is 19.5 Å². The number of aromatic nitrogens is 2. The molecule has 9 heteroatoms. The van der Waals surface area contributed by atoms with Gasteiger partial charge in [-0.25, -0.2) is 0 Å². The van der Waals surface area contributed by atoms with Crippen LogP contribution in [0.15, 0.2) is 51.4 Å². The van der Waals surface area contributed by atoms with Crippen LogP contribution in [-0.4, -0.2) is 30.3 Å². The molecule has 0 aliphatic rings. The minimum absolute atomic E-state index is 0.0637. The summed E-state index contributed by atoms with van der Waals surface area (Å²) in [6.07, 6.45) is 0. The molecule has 2 aromatic carbocycles. The second kappa shape index (κ2) is 8.78. The highest BCUT2D eigenvalue weighted by Crippen LogP contribution is 2.28.